The molecule has 0 saturated carbocycles. The van der Waals surface area contributed by atoms with Crippen molar-refractivity contribution < 1.29 is 4.74 Å². The quantitative estimate of drug-likeness (QED) is 0.875. The number of nitrogens with two attached hydrogens (primary N) is 1. The maximum Gasteiger partial charge on any atom is 0.132 e. The average molecular weight is 338 g/mol. The summed E-state index contributed by atoms with van der Waals surface area (Å²) in [5.41, 5.74) is 7.64. The molecule has 20 heavy (non-hydrogen) atoms. The van der Waals surface area contributed by atoms with Gasteiger partial charge in [-0.05, 0) is 37.6 Å². The van der Waals surface area contributed by atoms with Crippen LogP contribution in [0, 0.1) is 0 Å². The summed E-state index contributed by atoms with van der Waals surface area (Å²) in [6, 6.07) is 8.26. The lowest BCUT2D eigenvalue weighted by atomic mass is 10.2. The molecule has 0 aliphatic heterocycles. The zero-order valence-electron chi connectivity index (χ0n) is 11.8. The van der Waals surface area contributed by atoms with Gasteiger partial charge < -0.3 is 10.5 Å². The van der Waals surface area contributed by atoms with Crippen molar-refractivity contribution in [3.8, 4) is 5.75 Å². The minimum absolute atomic E-state index is 0.413. The van der Waals surface area contributed by atoms with Crippen LogP contribution in [0.15, 0.2) is 34.9 Å². The first-order valence-corrected chi connectivity index (χ1v) is 7.58. The molecule has 1 unspecified atom stereocenters. The molecule has 2 N–H and O–H groups in total. The van der Waals surface area contributed by atoms with Crippen molar-refractivity contribution in [1.29, 1.82) is 0 Å². The minimum atomic E-state index is 0.413. The Balaban J connectivity index is 2.03. The molecule has 0 fully saturated rings. The van der Waals surface area contributed by atoms with Crippen molar-refractivity contribution in [1.82, 2.24) is 9.78 Å². The van der Waals surface area contributed by atoms with Crippen LogP contribution in [0.2, 0.25) is 0 Å². The van der Waals surface area contributed by atoms with Gasteiger partial charge in [0.05, 0.1) is 5.69 Å². The average Bonchev–Trinajstić information content (AvgIpc) is 2.93. The minimum Gasteiger partial charge on any atom is -0.487 e. The first-order chi connectivity index (χ1) is 9.63. The van der Waals surface area contributed by atoms with Crippen LogP contribution < -0.4 is 10.5 Å². The number of aromatic nitrogens is 2. The van der Waals surface area contributed by atoms with Gasteiger partial charge in [-0.15, -0.1) is 0 Å². The Kier molecular flexibility index (Phi) is 5.20. The Morgan fingerprint density at radius 2 is 2.20 bits per heavy atom. The van der Waals surface area contributed by atoms with E-state index in [-0.39, 0.29) is 0 Å². The van der Waals surface area contributed by atoms with E-state index in [4.69, 9.17) is 10.5 Å². The SMILES string of the molecule is CCC(C)n1ccc(COc2ccc(Br)cc2CN)n1. The monoisotopic (exact) mass is 337 g/mol. The molecule has 5 heteroatoms. The van der Waals surface area contributed by atoms with E-state index in [0.717, 1.165) is 27.9 Å². The summed E-state index contributed by atoms with van der Waals surface area (Å²) in [5.74, 6) is 0.814. The fraction of sp³-hybridized carbons (Fsp3) is 0.400. The number of hydrogen-bond acceptors (Lipinski definition) is 3. The van der Waals surface area contributed by atoms with Crippen molar-refractivity contribution in [2.45, 2.75) is 39.5 Å². The lowest BCUT2D eigenvalue weighted by Gasteiger charge is -2.10. The number of nitrogens with zero attached hydrogens (tertiary/aromatic N) is 2. The summed E-state index contributed by atoms with van der Waals surface area (Å²) in [5, 5.41) is 4.52. The molecule has 1 aromatic heterocycles. The first-order valence-electron chi connectivity index (χ1n) is 6.79. The first kappa shape index (κ1) is 15.1. The van der Waals surface area contributed by atoms with Crippen molar-refractivity contribution in [3.05, 3.63) is 46.2 Å². The van der Waals surface area contributed by atoms with Gasteiger partial charge >= 0.3 is 0 Å². The highest BCUT2D eigenvalue weighted by atomic mass is 79.9. The summed E-state index contributed by atoms with van der Waals surface area (Å²) in [4.78, 5) is 0. The molecule has 0 radical (unpaired) electrons. The van der Waals surface area contributed by atoms with Gasteiger partial charge in [-0.1, -0.05) is 22.9 Å². The number of ether oxygens (including phenoxy) is 1. The predicted octanol–water partition coefficient (Wildman–Crippen LogP) is 3.65. The van der Waals surface area contributed by atoms with E-state index in [2.05, 4.69) is 34.9 Å². The molecule has 0 aliphatic carbocycles. The van der Waals surface area contributed by atoms with E-state index in [0.29, 0.717) is 19.2 Å². The molecule has 0 amide bonds. The molecule has 0 saturated heterocycles. The Morgan fingerprint density at radius 3 is 2.90 bits per heavy atom. The molecular weight excluding hydrogens is 318 g/mol. The third-order valence-electron chi connectivity index (χ3n) is 3.32. The van der Waals surface area contributed by atoms with Gasteiger partial charge in [0.1, 0.15) is 12.4 Å². The topological polar surface area (TPSA) is 53.1 Å². The maximum absolute atomic E-state index is 5.82. The Labute approximate surface area is 128 Å². The van der Waals surface area contributed by atoms with Gasteiger partial charge in [0.25, 0.3) is 0 Å². The normalized spacial score (nSPS) is 12.4. The lowest BCUT2D eigenvalue weighted by Crippen LogP contribution is -2.06. The summed E-state index contributed by atoms with van der Waals surface area (Å²) in [7, 11) is 0. The summed E-state index contributed by atoms with van der Waals surface area (Å²) in [6.07, 6.45) is 3.06. The van der Waals surface area contributed by atoms with Crippen molar-refractivity contribution in [2.75, 3.05) is 0 Å². The van der Waals surface area contributed by atoms with Gasteiger partial charge in [-0.3, -0.25) is 4.68 Å². The van der Waals surface area contributed by atoms with Gasteiger partial charge in [0, 0.05) is 28.8 Å². The molecule has 0 spiro atoms. The molecule has 2 aromatic rings. The van der Waals surface area contributed by atoms with Gasteiger partial charge in [0.2, 0.25) is 0 Å². The second-order valence-electron chi connectivity index (χ2n) is 4.79. The third kappa shape index (κ3) is 3.61. The van der Waals surface area contributed by atoms with Crippen LogP contribution >= 0.6 is 15.9 Å². The van der Waals surface area contributed by atoms with E-state index < -0.39 is 0 Å². The lowest BCUT2D eigenvalue weighted by molar-refractivity contribution is 0.295. The van der Waals surface area contributed by atoms with Crippen LogP contribution in [0.3, 0.4) is 0 Å². The fourth-order valence-corrected chi connectivity index (χ4v) is 2.30. The van der Waals surface area contributed by atoms with E-state index in [1.54, 1.807) is 0 Å². The van der Waals surface area contributed by atoms with Crippen molar-refractivity contribution in [3.63, 3.8) is 0 Å². The van der Waals surface area contributed by atoms with E-state index >= 15 is 0 Å². The number of rotatable bonds is 6. The molecule has 1 atom stereocenters. The molecule has 1 heterocycles. The van der Waals surface area contributed by atoms with Crippen LogP contribution in [-0.2, 0) is 13.2 Å². The Morgan fingerprint density at radius 1 is 1.40 bits per heavy atom. The molecule has 0 bridgehead atoms. The van der Waals surface area contributed by atoms with Crippen LogP contribution in [-0.4, -0.2) is 9.78 Å². The Bertz CT molecular complexity index is 568. The highest BCUT2D eigenvalue weighted by Gasteiger charge is 2.07. The Hall–Kier alpha value is -1.33. The summed E-state index contributed by atoms with van der Waals surface area (Å²) < 4.78 is 8.80. The van der Waals surface area contributed by atoms with Crippen molar-refractivity contribution >= 4 is 15.9 Å². The van der Waals surface area contributed by atoms with Crippen LogP contribution in [0.5, 0.6) is 5.75 Å². The number of halogens is 1. The second-order valence-corrected chi connectivity index (χ2v) is 5.70. The van der Waals surface area contributed by atoms with Crippen LogP contribution in [0.1, 0.15) is 37.6 Å². The van der Waals surface area contributed by atoms with E-state index in [1.165, 1.54) is 0 Å². The molecule has 108 valence electrons. The zero-order valence-corrected chi connectivity index (χ0v) is 13.4. The molecular formula is C15H20BrN3O. The predicted molar refractivity (Wildman–Crippen MR) is 83.6 cm³/mol. The molecule has 0 aliphatic rings. The maximum atomic E-state index is 5.82. The zero-order chi connectivity index (χ0) is 14.5. The van der Waals surface area contributed by atoms with E-state index in [1.807, 2.05) is 35.1 Å². The molecule has 4 nitrogen and oxygen atoms in total. The fourth-order valence-electron chi connectivity index (χ4n) is 1.89. The molecule has 2 rings (SSSR count). The van der Waals surface area contributed by atoms with E-state index in [9.17, 15) is 0 Å². The summed E-state index contributed by atoms with van der Waals surface area (Å²) >= 11 is 3.43. The van der Waals surface area contributed by atoms with Gasteiger partial charge in [0.15, 0.2) is 0 Å². The highest BCUT2D eigenvalue weighted by molar-refractivity contribution is 9.10. The standard InChI is InChI=1S/C15H20BrN3O/c1-3-11(2)19-7-6-14(18-19)10-20-15-5-4-13(16)8-12(15)9-17/h4-8,11H,3,9-10,17H2,1-2H3. The third-order valence-corrected chi connectivity index (χ3v) is 3.82. The smallest absolute Gasteiger partial charge is 0.132 e. The second kappa shape index (κ2) is 6.90. The van der Waals surface area contributed by atoms with Crippen LogP contribution in [0.4, 0.5) is 0 Å². The number of benzene rings is 1. The molecule has 1 aromatic carbocycles. The van der Waals surface area contributed by atoms with Crippen LogP contribution in [0.25, 0.3) is 0 Å². The summed E-state index contributed by atoms with van der Waals surface area (Å²) in [6.45, 7) is 5.21. The van der Waals surface area contributed by atoms with Gasteiger partial charge in [-0.25, -0.2) is 0 Å². The van der Waals surface area contributed by atoms with Gasteiger partial charge in [-0.2, -0.15) is 5.10 Å². The largest absolute Gasteiger partial charge is 0.487 e. The highest BCUT2D eigenvalue weighted by Crippen LogP contribution is 2.23. The number of hydrogen-bond donors (Lipinski definition) is 1. The van der Waals surface area contributed by atoms with Crippen molar-refractivity contribution in [2.24, 2.45) is 5.73 Å².